The number of aromatic hydroxyl groups is 1. The number of nitro benzene ring substituents is 1. The summed E-state index contributed by atoms with van der Waals surface area (Å²) < 4.78 is 0. The molecule has 0 aliphatic carbocycles. The maximum absolute atomic E-state index is 12.0. The van der Waals surface area contributed by atoms with Crippen molar-refractivity contribution in [2.45, 2.75) is 51.9 Å². The molecule has 6 heteroatoms. The Labute approximate surface area is 136 Å². The van der Waals surface area contributed by atoms with Crippen LogP contribution in [0.3, 0.4) is 0 Å². The van der Waals surface area contributed by atoms with Crippen molar-refractivity contribution < 1.29 is 14.8 Å². The van der Waals surface area contributed by atoms with Gasteiger partial charge in [-0.05, 0) is 18.9 Å². The van der Waals surface area contributed by atoms with Gasteiger partial charge in [0.15, 0.2) is 0 Å². The van der Waals surface area contributed by atoms with Gasteiger partial charge in [0, 0.05) is 17.7 Å². The van der Waals surface area contributed by atoms with E-state index in [9.17, 15) is 20.0 Å². The van der Waals surface area contributed by atoms with Gasteiger partial charge in [0.25, 0.3) is 11.6 Å². The number of unbranched alkanes of at least 4 members (excludes halogenated alkanes) is 5. The van der Waals surface area contributed by atoms with E-state index < -0.39 is 10.8 Å². The van der Waals surface area contributed by atoms with E-state index in [1.807, 2.05) is 0 Å². The Kier molecular flexibility index (Phi) is 7.80. The number of nitrogens with zero attached hydrogens (tertiary/aromatic N) is 1. The number of hydrogen-bond donors (Lipinski definition) is 2. The maximum Gasteiger partial charge on any atom is 0.271 e. The molecular weight excluding hydrogens is 296 g/mol. The minimum absolute atomic E-state index is 0.0216. The SMILES string of the molecule is C=C(CCCCCCCC)C(=O)Nc1cc([N+](=O)[O-])ccc1O. The smallest absolute Gasteiger partial charge is 0.271 e. The Hall–Kier alpha value is -2.37. The maximum atomic E-state index is 12.0. The van der Waals surface area contributed by atoms with Crippen LogP contribution in [0.15, 0.2) is 30.4 Å². The van der Waals surface area contributed by atoms with E-state index in [-0.39, 0.29) is 17.1 Å². The van der Waals surface area contributed by atoms with E-state index in [0.29, 0.717) is 12.0 Å². The summed E-state index contributed by atoms with van der Waals surface area (Å²) >= 11 is 0. The monoisotopic (exact) mass is 320 g/mol. The van der Waals surface area contributed by atoms with Crippen LogP contribution in [0.2, 0.25) is 0 Å². The van der Waals surface area contributed by atoms with E-state index in [4.69, 9.17) is 0 Å². The molecule has 2 N–H and O–H groups in total. The Bertz CT molecular complexity index is 570. The molecule has 0 atom stereocenters. The molecule has 6 nitrogen and oxygen atoms in total. The normalized spacial score (nSPS) is 10.3. The fourth-order valence-electron chi connectivity index (χ4n) is 2.18. The van der Waals surface area contributed by atoms with Crippen molar-refractivity contribution in [2.75, 3.05) is 5.32 Å². The Morgan fingerprint density at radius 3 is 2.57 bits per heavy atom. The number of hydrogen-bond acceptors (Lipinski definition) is 4. The fraction of sp³-hybridized carbons (Fsp3) is 0.471. The number of phenols is 1. The molecule has 23 heavy (non-hydrogen) atoms. The summed E-state index contributed by atoms with van der Waals surface area (Å²) in [6, 6.07) is 3.49. The summed E-state index contributed by atoms with van der Waals surface area (Å²) in [4.78, 5) is 22.2. The van der Waals surface area contributed by atoms with Crippen molar-refractivity contribution in [3.8, 4) is 5.75 Å². The minimum atomic E-state index is -0.583. The quantitative estimate of drug-likeness (QED) is 0.217. The van der Waals surface area contributed by atoms with E-state index in [0.717, 1.165) is 25.3 Å². The topological polar surface area (TPSA) is 92.5 Å². The number of non-ortho nitro benzene ring substituents is 1. The van der Waals surface area contributed by atoms with Crippen molar-refractivity contribution >= 4 is 17.3 Å². The third-order valence-electron chi connectivity index (χ3n) is 3.59. The molecule has 126 valence electrons. The van der Waals surface area contributed by atoms with Gasteiger partial charge in [0.05, 0.1) is 10.6 Å². The van der Waals surface area contributed by atoms with E-state index in [2.05, 4.69) is 18.8 Å². The van der Waals surface area contributed by atoms with Crippen LogP contribution in [-0.2, 0) is 4.79 Å². The lowest BCUT2D eigenvalue weighted by molar-refractivity contribution is -0.384. The lowest BCUT2D eigenvalue weighted by atomic mass is 10.1. The second-order valence-corrected chi connectivity index (χ2v) is 5.53. The highest BCUT2D eigenvalue weighted by molar-refractivity contribution is 6.04. The summed E-state index contributed by atoms with van der Waals surface area (Å²) in [7, 11) is 0. The third-order valence-corrected chi connectivity index (χ3v) is 3.59. The zero-order chi connectivity index (χ0) is 17.2. The molecule has 0 unspecified atom stereocenters. The van der Waals surface area contributed by atoms with Crippen LogP contribution in [-0.4, -0.2) is 15.9 Å². The highest BCUT2D eigenvalue weighted by Crippen LogP contribution is 2.28. The number of phenolic OH excluding ortho intramolecular Hbond substituents is 1. The predicted molar refractivity (Wildman–Crippen MR) is 90.5 cm³/mol. The first-order chi connectivity index (χ1) is 11.0. The summed E-state index contributed by atoms with van der Waals surface area (Å²) in [6.07, 6.45) is 7.29. The zero-order valence-corrected chi connectivity index (χ0v) is 13.5. The molecule has 0 saturated heterocycles. The number of carbonyl (C=O) groups is 1. The van der Waals surface area contributed by atoms with Crippen molar-refractivity contribution in [2.24, 2.45) is 0 Å². The fourth-order valence-corrected chi connectivity index (χ4v) is 2.18. The number of nitrogens with one attached hydrogen (secondary N) is 1. The van der Waals surface area contributed by atoms with Crippen molar-refractivity contribution in [3.63, 3.8) is 0 Å². The lowest BCUT2D eigenvalue weighted by Gasteiger charge is -2.09. The van der Waals surface area contributed by atoms with Gasteiger partial charge in [-0.3, -0.25) is 14.9 Å². The molecule has 0 bridgehead atoms. The van der Waals surface area contributed by atoms with Gasteiger partial charge in [-0.1, -0.05) is 45.6 Å². The van der Waals surface area contributed by atoms with E-state index >= 15 is 0 Å². The number of benzene rings is 1. The van der Waals surface area contributed by atoms with Gasteiger partial charge < -0.3 is 10.4 Å². The van der Waals surface area contributed by atoms with Gasteiger partial charge in [-0.25, -0.2) is 0 Å². The van der Waals surface area contributed by atoms with Gasteiger partial charge >= 0.3 is 0 Å². The van der Waals surface area contributed by atoms with Crippen LogP contribution >= 0.6 is 0 Å². The number of rotatable bonds is 10. The summed E-state index contributed by atoms with van der Waals surface area (Å²) in [6.45, 7) is 5.91. The van der Waals surface area contributed by atoms with Crippen LogP contribution in [0.4, 0.5) is 11.4 Å². The van der Waals surface area contributed by atoms with Crippen LogP contribution in [0.25, 0.3) is 0 Å². The Morgan fingerprint density at radius 2 is 1.91 bits per heavy atom. The lowest BCUT2D eigenvalue weighted by Crippen LogP contribution is -2.14. The average molecular weight is 320 g/mol. The zero-order valence-electron chi connectivity index (χ0n) is 13.5. The molecule has 0 saturated carbocycles. The summed E-state index contributed by atoms with van der Waals surface area (Å²) in [5.74, 6) is -0.634. The first kappa shape index (κ1) is 18.7. The molecule has 1 aromatic rings. The van der Waals surface area contributed by atoms with Gasteiger partial charge in [-0.2, -0.15) is 0 Å². The third kappa shape index (κ3) is 6.50. The molecule has 1 amide bonds. The highest BCUT2D eigenvalue weighted by Gasteiger charge is 2.14. The molecular formula is C17H24N2O4. The van der Waals surface area contributed by atoms with Crippen molar-refractivity contribution in [1.29, 1.82) is 0 Å². The molecule has 0 aliphatic rings. The second-order valence-electron chi connectivity index (χ2n) is 5.53. The van der Waals surface area contributed by atoms with Crippen LogP contribution in [0, 0.1) is 10.1 Å². The first-order valence-electron chi connectivity index (χ1n) is 7.92. The molecule has 0 aliphatic heterocycles. The van der Waals surface area contributed by atoms with Gasteiger partial charge in [-0.15, -0.1) is 0 Å². The molecule has 0 heterocycles. The summed E-state index contributed by atoms with van der Waals surface area (Å²) in [5.41, 5.74) is 0.235. The van der Waals surface area contributed by atoms with Crippen LogP contribution in [0.5, 0.6) is 5.75 Å². The largest absolute Gasteiger partial charge is 0.506 e. The molecule has 0 radical (unpaired) electrons. The first-order valence-corrected chi connectivity index (χ1v) is 7.92. The minimum Gasteiger partial charge on any atom is -0.506 e. The molecule has 1 rings (SSSR count). The predicted octanol–water partition coefficient (Wildman–Crippen LogP) is 4.55. The van der Waals surface area contributed by atoms with Crippen LogP contribution < -0.4 is 5.32 Å². The van der Waals surface area contributed by atoms with Gasteiger partial charge in [0.2, 0.25) is 0 Å². The average Bonchev–Trinajstić information content (AvgIpc) is 2.52. The molecule has 0 fully saturated rings. The molecule has 0 spiro atoms. The number of carbonyl (C=O) groups excluding carboxylic acids is 1. The van der Waals surface area contributed by atoms with E-state index in [1.54, 1.807) is 0 Å². The standard InChI is InChI=1S/C17H24N2O4/c1-3-4-5-6-7-8-9-13(2)17(21)18-15-12-14(19(22)23)10-11-16(15)20/h10-12,20H,2-9H2,1H3,(H,18,21). The molecule has 0 aromatic heterocycles. The Morgan fingerprint density at radius 1 is 1.26 bits per heavy atom. The molecule has 1 aromatic carbocycles. The van der Waals surface area contributed by atoms with Gasteiger partial charge in [0.1, 0.15) is 5.75 Å². The second kappa shape index (κ2) is 9.61. The van der Waals surface area contributed by atoms with Crippen molar-refractivity contribution in [1.82, 2.24) is 0 Å². The Balaban J connectivity index is 2.47. The van der Waals surface area contributed by atoms with E-state index in [1.165, 1.54) is 31.4 Å². The van der Waals surface area contributed by atoms with Crippen molar-refractivity contribution in [3.05, 3.63) is 40.5 Å². The van der Waals surface area contributed by atoms with Crippen LogP contribution in [0.1, 0.15) is 51.9 Å². The number of nitro groups is 1. The summed E-state index contributed by atoms with van der Waals surface area (Å²) in [5, 5.41) is 22.9. The number of amides is 1. The number of anilines is 1. The highest BCUT2D eigenvalue weighted by atomic mass is 16.6.